The molecule has 0 saturated heterocycles. The maximum atomic E-state index is 12.3. The first kappa shape index (κ1) is 16.9. The first-order chi connectivity index (χ1) is 8.98. The summed E-state index contributed by atoms with van der Waals surface area (Å²) < 4.78 is 73.9. The summed E-state index contributed by atoms with van der Waals surface area (Å²) in [6, 6.07) is 5.97. The van der Waals surface area contributed by atoms with Crippen LogP contribution < -0.4 is 0 Å². The number of hydrogen-bond donors (Lipinski definition) is 0. The fourth-order valence-electron chi connectivity index (χ4n) is 2.10. The Bertz CT molecular complexity index is 395. The highest BCUT2D eigenvalue weighted by Gasteiger charge is 2.32. The van der Waals surface area contributed by atoms with Gasteiger partial charge in [-0.15, -0.1) is 0 Å². The molecule has 2 atom stereocenters. The van der Waals surface area contributed by atoms with Crippen molar-refractivity contribution < 1.29 is 26.3 Å². The zero-order valence-electron chi connectivity index (χ0n) is 11.1. The Morgan fingerprint density at radius 1 is 0.800 bits per heavy atom. The van der Waals surface area contributed by atoms with Gasteiger partial charge in [0.05, 0.1) is 12.8 Å². The van der Waals surface area contributed by atoms with Gasteiger partial charge in [0, 0.05) is 0 Å². The van der Waals surface area contributed by atoms with E-state index in [1.54, 1.807) is 0 Å². The van der Waals surface area contributed by atoms with Gasteiger partial charge >= 0.3 is 12.4 Å². The van der Waals surface area contributed by atoms with Crippen molar-refractivity contribution in [2.45, 2.75) is 50.9 Å². The summed E-state index contributed by atoms with van der Waals surface area (Å²) in [6.07, 6.45) is -10.5. The van der Waals surface area contributed by atoms with Crippen LogP contribution in [0.15, 0.2) is 24.3 Å². The SMILES string of the molecule is CC(CC(F)(F)F)c1cccc(C(C)CC(F)(F)F)c1. The average Bonchev–Trinajstić information content (AvgIpc) is 2.24. The molecule has 1 aromatic carbocycles. The van der Waals surface area contributed by atoms with Gasteiger partial charge in [-0.1, -0.05) is 38.1 Å². The molecule has 6 heteroatoms. The zero-order chi connectivity index (χ0) is 15.6. The highest BCUT2D eigenvalue weighted by Crippen LogP contribution is 2.34. The molecule has 0 radical (unpaired) electrons. The monoisotopic (exact) mass is 298 g/mol. The number of benzene rings is 1. The van der Waals surface area contributed by atoms with E-state index in [9.17, 15) is 26.3 Å². The first-order valence-electron chi connectivity index (χ1n) is 6.21. The minimum absolute atomic E-state index is 0.411. The predicted molar refractivity (Wildman–Crippen MR) is 64.6 cm³/mol. The molecule has 2 unspecified atom stereocenters. The van der Waals surface area contributed by atoms with Crippen LogP contribution in [0.3, 0.4) is 0 Å². The third-order valence-corrected chi connectivity index (χ3v) is 3.12. The number of halogens is 6. The lowest BCUT2D eigenvalue weighted by Crippen LogP contribution is -2.13. The van der Waals surface area contributed by atoms with Crippen molar-refractivity contribution in [2.75, 3.05) is 0 Å². The van der Waals surface area contributed by atoms with Crippen molar-refractivity contribution in [2.24, 2.45) is 0 Å². The Hall–Kier alpha value is -1.20. The molecule has 0 fully saturated rings. The van der Waals surface area contributed by atoms with Crippen LogP contribution in [0, 0.1) is 0 Å². The van der Waals surface area contributed by atoms with Crippen LogP contribution in [0.2, 0.25) is 0 Å². The summed E-state index contributed by atoms with van der Waals surface area (Å²) in [5.74, 6) is -1.54. The second-order valence-corrected chi connectivity index (χ2v) is 5.11. The normalized spacial score (nSPS) is 16.0. The molecule has 0 aliphatic heterocycles. The maximum Gasteiger partial charge on any atom is 0.389 e. The third-order valence-electron chi connectivity index (χ3n) is 3.12. The molecule has 0 saturated carbocycles. The molecule has 0 bridgehead atoms. The van der Waals surface area contributed by atoms with Gasteiger partial charge in [0.1, 0.15) is 0 Å². The van der Waals surface area contributed by atoms with E-state index in [0.717, 1.165) is 0 Å². The zero-order valence-corrected chi connectivity index (χ0v) is 11.1. The molecule has 0 aliphatic rings. The van der Waals surface area contributed by atoms with Gasteiger partial charge in [0.15, 0.2) is 0 Å². The van der Waals surface area contributed by atoms with E-state index in [1.165, 1.54) is 38.1 Å². The molecule has 0 amide bonds. The molecule has 20 heavy (non-hydrogen) atoms. The van der Waals surface area contributed by atoms with Crippen molar-refractivity contribution in [3.63, 3.8) is 0 Å². The smallest absolute Gasteiger partial charge is 0.171 e. The van der Waals surface area contributed by atoms with Gasteiger partial charge in [-0.05, 0) is 23.0 Å². The molecule has 0 spiro atoms. The number of alkyl halides is 6. The molecular weight excluding hydrogens is 282 g/mol. The Morgan fingerprint density at radius 2 is 1.15 bits per heavy atom. The number of hydrogen-bond acceptors (Lipinski definition) is 0. The topological polar surface area (TPSA) is 0 Å². The van der Waals surface area contributed by atoms with E-state index in [2.05, 4.69) is 0 Å². The molecule has 114 valence electrons. The van der Waals surface area contributed by atoms with E-state index < -0.39 is 37.0 Å². The number of rotatable bonds is 4. The molecule has 0 N–H and O–H groups in total. The molecule has 1 rings (SSSR count). The molecular formula is C14H16F6. The maximum absolute atomic E-state index is 12.3. The molecule has 0 nitrogen and oxygen atoms in total. The van der Waals surface area contributed by atoms with Crippen molar-refractivity contribution in [1.82, 2.24) is 0 Å². The lowest BCUT2D eigenvalue weighted by atomic mass is 9.91. The summed E-state index contributed by atoms with van der Waals surface area (Å²) in [7, 11) is 0. The Labute approximate surface area is 113 Å². The third kappa shape index (κ3) is 5.84. The first-order valence-corrected chi connectivity index (χ1v) is 6.21. The van der Waals surface area contributed by atoms with Crippen molar-refractivity contribution in [3.8, 4) is 0 Å². The Balaban J connectivity index is 2.85. The minimum Gasteiger partial charge on any atom is -0.171 e. The van der Waals surface area contributed by atoms with Crippen molar-refractivity contribution >= 4 is 0 Å². The van der Waals surface area contributed by atoms with Gasteiger partial charge in [-0.2, -0.15) is 26.3 Å². The summed E-state index contributed by atoms with van der Waals surface area (Å²) in [4.78, 5) is 0. The lowest BCUT2D eigenvalue weighted by Gasteiger charge is -2.18. The van der Waals surface area contributed by atoms with Gasteiger partial charge in [0.25, 0.3) is 0 Å². The fourth-order valence-corrected chi connectivity index (χ4v) is 2.10. The van der Waals surface area contributed by atoms with E-state index >= 15 is 0 Å². The van der Waals surface area contributed by atoms with Crippen LogP contribution in [0.5, 0.6) is 0 Å². The molecule has 1 aromatic rings. The summed E-state index contributed by atoms with van der Waals surface area (Å²) in [5, 5.41) is 0. The predicted octanol–water partition coefficient (Wildman–Crippen LogP) is 5.80. The second-order valence-electron chi connectivity index (χ2n) is 5.11. The van der Waals surface area contributed by atoms with Crippen LogP contribution in [0.1, 0.15) is 49.7 Å². The quantitative estimate of drug-likeness (QED) is 0.616. The van der Waals surface area contributed by atoms with Crippen LogP contribution in [0.25, 0.3) is 0 Å². The van der Waals surface area contributed by atoms with Crippen LogP contribution in [0.4, 0.5) is 26.3 Å². The van der Waals surface area contributed by atoms with E-state index in [1.807, 2.05) is 0 Å². The largest absolute Gasteiger partial charge is 0.389 e. The summed E-state index contributed by atoms with van der Waals surface area (Å²) >= 11 is 0. The molecule has 0 heterocycles. The summed E-state index contributed by atoms with van der Waals surface area (Å²) in [5.41, 5.74) is 0.822. The highest BCUT2D eigenvalue weighted by atomic mass is 19.4. The fraction of sp³-hybridized carbons (Fsp3) is 0.571. The minimum atomic E-state index is -4.28. The van der Waals surface area contributed by atoms with Gasteiger partial charge in [-0.25, -0.2) is 0 Å². The molecule has 0 aliphatic carbocycles. The van der Waals surface area contributed by atoms with E-state index in [-0.39, 0.29) is 0 Å². The van der Waals surface area contributed by atoms with Gasteiger partial charge < -0.3 is 0 Å². The van der Waals surface area contributed by atoms with Crippen molar-refractivity contribution in [1.29, 1.82) is 0 Å². The molecule has 0 aromatic heterocycles. The van der Waals surface area contributed by atoms with Crippen LogP contribution in [-0.4, -0.2) is 12.4 Å². The summed E-state index contributed by atoms with van der Waals surface area (Å²) in [6.45, 7) is 2.84. The van der Waals surface area contributed by atoms with Gasteiger partial charge in [0.2, 0.25) is 0 Å². The van der Waals surface area contributed by atoms with E-state index in [4.69, 9.17) is 0 Å². The van der Waals surface area contributed by atoms with Gasteiger partial charge in [-0.3, -0.25) is 0 Å². The van der Waals surface area contributed by atoms with Crippen molar-refractivity contribution in [3.05, 3.63) is 35.4 Å². The lowest BCUT2D eigenvalue weighted by molar-refractivity contribution is -0.138. The Morgan fingerprint density at radius 3 is 1.45 bits per heavy atom. The second kappa shape index (κ2) is 6.06. The Kier molecular flexibility index (Phi) is 5.10. The van der Waals surface area contributed by atoms with Crippen LogP contribution in [-0.2, 0) is 0 Å². The van der Waals surface area contributed by atoms with E-state index in [0.29, 0.717) is 11.1 Å². The highest BCUT2D eigenvalue weighted by molar-refractivity contribution is 5.28. The average molecular weight is 298 g/mol. The van der Waals surface area contributed by atoms with Crippen LogP contribution >= 0.6 is 0 Å². The standard InChI is InChI=1S/C14H16F6/c1-9(7-13(15,16)17)11-4-3-5-12(6-11)10(2)8-14(18,19)20/h3-6,9-10H,7-8H2,1-2H3.